The van der Waals surface area contributed by atoms with Gasteiger partial charge in [0, 0.05) is 23.2 Å². The SMILES string of the molecule is COc1ccc(-c2cc(OC(C)C)nc(N)n2)c2cccnc12. The summed E-state index contributed by atoms with van der Waals surface area (Å²) in [5.74, 6) is 1.34. The molecular weight excluding hydrogens is 292 g/mol. The number of fused-ring (bicyclic) bond motifs is 1. The highest BCUT2D eigenvalue weighted by molar-refractivity contribution is 5.97. The summed E-state index contributed by atoms with van der Waals surface area (Å²) in [4.78, 5) is 12.9. The lowest BCUT2D eigenvalue weighted by Crippen LogP contribution is -2.09. The zero-order valence-electron chi connectivity index (χ0n) is 13.3. The molecule has 0 aliphatic heterocycles. The molecular formula is C17H18N4O2. The molecule has 2 aromatic heterocycles. The highest BCUT2D eigenvalue weighted by Crippen LogP contribution is 2.33. The summed E-state index contributed by atoms with van der Waals surface area (Å²) in [6, 6.07) is 9.43. The van der Waals surface area contributed by atoms with E-state index < -0.39 is 0 Å². The second-order valence-electron chi connectivity index (χ2n) is 5.33. The molecule has 0 radical (unpaired) electrons. The van der Waals surface area contributed by atoms with Crippen LogP contribution in [-0.2, 0) is 0 Å². The van der Waals surface area contributed by atoms with Crippen LogP contribution in [0.25, 0.3) is 22.2 Å². The van der Waals surface area contributed by atoms with Crippen molar-refractivity contribution in [1.82, 2.24) is 15.0 Å². The summed E-state index contributed by atoms with van der Waals surface area (Å²) in [7, 11) is 1.63. The molecule has 2 N–H and O–H groups in total. The predicted octanol–water partition coefficient (Wildman–Crippen LogP) is 3.07. The second kappa shape index (κ2) is 6.08. The lowest BCUT2D eigenvalue weighted by atomic mass is 10.0. The first kappa shape index (κ1) is 15.0. The monoisotopic (exact) mass is 310 g/mol. The van der Waals surface area contributed by atoms with Crippen LogP contribution in [0.4, 0.5) is 5.95 Å². The zero-order chi connectivity index (χ0) is 16.4. The fourth-order valence-corrected chi connectivity index (χ4v) is 2.42. The van der Waals surface area contributed by atoms with Gasteiger partial charge in [0.05, 0.1) is 18.9 Å². The number of ether oxygens (including phenoxy) is 2. The van der Waals surface area contributed by atoms with Crippen LogP contribution in [0.1, 0.15) is 13.8 Å². The van der Waals surface area contributed by atoms with Crippen LogP contribution in [-0.4, -0.2) is 28.2 Å². The van der Waals surface area contributed by atoms with Gasteiger partial charge < -0.3 is 15.2 Å². The van der Waals surface area contributed by atoms with E-state index in [1.54, 1.807) is 19.4 Å². The minimum atomic E-state index is 0.00595. The van der Waals surface area contributed by atoms with Crippen molar-refractivity contribution in [3.05, 3.63) is 36.5 Å². The molecule has 6 nitrogen and oxygen atoms in total. The third kappa shape index (κ3) is 3.01. The number of nitrogens with two attached hydrogens (primary N) is 1. The number of nitrogens with zero attached hydrogens (tertiary/aromatic N) is 3. The van der Waals surface area contributed by atoms with Crippen LogP contribution < -0.4 is 15.2 Å². The molecule has 0 spiro atoms. The van der Waals surface area contributed by atoms with Crippen molar-refractivity contribution in [3.8, 4) is 22.9 Å². The van der Waals surface area contributed by atoms with Crippen molar-refractivity contribution in [3.63, 3.8) is 0 Å². The molecule has 0 aliphatic carbocycles. The standard InChI is InChI=1S/C17H18N4O2/c1-10(2)23-15-9-13(20-17(18)21-15)11-6-7-14(22-3)16-12(11)5-4-8-19-16/h4-10H,1-3H3,(H2,18,20,21). The molecule has 0 fully saturated rings. The third-order valence-electron chi connectivity index (χ3n) is 3.30. The van der Waals surface area contributed by atoms with Crippen LogP contribution in [0.3, 0.4) is 0 Å². The Labute approximate surface area is 134 Å². The van der Waals surface area contributed by atoms with Gasteiger partial charge in [-0.1, -0.05) is 6.07 Å². The third-order valence-corrected chi connectivity index (χ3v) is 3.30. The van der Waals surface area contributed by atoms with Crippen LogP contribution in [0.5, 0.6) is 11.6 Å². The average molecular weight is 310 g/mol. The Hall–Kier alpha value is -2.89. The summed E-state index contributed by atoms with van der Waals surface area (Å²) in [6.45, 7) is 3.87. The molecule has 0 atom stereocenters. The summed E-state index contributed by atoms with van der Waals surface area (Å²) in [6.07, 6.45) is 1.74. The van der Waals surface area contributed by atoms with Crippen molar-refractivity contribution in [2.45, 2.75) is 20.0 Å². The molecule has 6 heteroatoms. The highest BCUT2D eigenvalue weighted by atomic mass is 16.5. The first-order chi connectivity index (χ1) is 11.1. The number of methoxy groups -OCH3 is 1. The molecule has 0 bridgehead atoms. The number of anilines is 1. The summed E-state index contributed by atoms with van der Waals surface area (Å²) < 4.78 is 11.0. The smallest absolute Gasteiger partial charge is 0.223 e. The molecule has 0 aliphatic rings. The maximum absolute atomic E-state index is 5.83. The van der Waals surface area contributed by atoms with E-state index in [1.165, 1.54) is 0 Å². The van der Waals surface area contributed by atoms with Crippen LogP contribution in [0.2, 0.25) is 0 Å². The Morgan fingerprint density at radius 3 is 2.70 bits per heavy atom. The maximum atomic E-state index is 5.83. The van der Waals surface area contributed by atoms with Gasteiger partial charge in [-0.15, -0.1) is 0 Å². The number of pyridine rings is 1. The van der Waals surface area contributed by atoms with Gasteiger partial charge in [-0.25, -0.2) is 4.98 Å². The topological polar surface area (TPSA) is 83.2 Å². The summed E-state index contributed by atoms with van der Waals surface area (Å²) >= 11 is 0. The molecule has 0 unspecified atom stereocenters. The highest BCUT2D eigenvalue weighted by Gasteiger charge is 2.13. The van der Waals surface area contributed by atoms with Crippen molar-refractivity contribution in [2.24, 2.45) is 0 Å². The molecule has 0 saturated heterocycles. The van der Waals surface area contributed by atoms with E-state index in [-0.39, 0.29) is 12.1 Å². The minimum Gasteiger partial charge on any atom is -0.494 e. The van der Waals surface area contributed by atoms with Crippen molar-refractivity contribution in [1.29, 1.82) is 0 Å². The Morgan fingerprint density at radius 2 is 1.96 bits per heavy atom. The van der Waals surface area contributed by atoms with Crippen LogP contribution in [0.15, 0.2) is 36.5 Å². The van der Waals surface area contributed by atoms with E-state index in [9.17, 15) is 0 Å². The molecule has 0 amide bonds. The Balaban J connectivity index is 2.19. The van der Waals surface area contributed by atoms with Gasteiger partial charge >= 0.3 is 0 Å². The number of hydrogen-bond donors (Lipinski definition) is 1. The van der Waals surface area contributed by atoms with E-state index in [0.29, 0.717) is 17.3 Å². The minimum absolute atomic E-state index is 0.00595. The fourth-order valence-electron chi connectivity index (χ4n) is 2.42. The molecule has 118 valence electrons. The quantitative estimate of drug-likeness (QED) is 0.797. The van der Waals surface area contributed by atoms with E-state index >= 15 is 0 Å². The van der Waals surface area contributed by atoms with Gasteiger partial charge in [0.1, 0.15) is 11.3 Å². The predicted molar refractivity (Wildman–Crippen MR) is 89.5 cm³/mol. The maximum Gasteiger partial charge on any atom is 0.223 e. The summed E-state index contributed by atoms with van der Waals surface area (Å²) in [5, 5.41) is 0.931. The first-order valence-corrected chi connectivity index (χ1v) is 7.32. The van der Waals surface area contributed by atoms with Gasteiger partial charge in [-0.05, 0) is 32.0 Å². The Bertz CT molecular complexity index is 849. The van der Waals surface area contributed by atoms with Gasteiger partial charge in [0.15, 0.2) is 0 Å². The number of benzene rings is 1. The van der Waals surface area contributed by atoms with E-state index in [0.717, 1.165) is 16.5 Å². The van der Waals surface area contributed by atoms with Crippen molar-refractivity contribution in [2.75, 3.05) is 12.8 Å². The average Bonchev–Trinajstić information content (AvgIpc) is 2.52. The lowest BCUT2D eigenvalue weighted by Gasteiger charge is -2.12. The van der Waals surface area contributed by atoms with Crippen LogP contribution in [0, 0.1) is 0 Å². The first-order valence-electron chi connectivity index (χ1n) is 7.32. The molecule has 23 heavy (non-hydrogen) atoms. The van der Waals surface area contributed by atoms with Crippen molar-refractivity contribution >= 4 is 16.9 Å². The number of rotatable bonds is 4. The van der Waals surface area contributed by atoms with Crippen molar-refractivity contribution < 1.29 is 9.47 Å². The zero-order valence-corrected chi connectivity index (χ0v) is 13.3. The van der Waals surface area contributed by atoms with Gasteiger partial charge in [0.2, 0.25) is 11.8 Å². The van der Waals surface area contributed by atoms with E-state index in [1.807, 2.05) is 38.1 Å². The largest absolute Gasteiger partial charge is 0.494 e. The van der Waals surface area contributed by atoms with Gasteiger partial charge in [-0.3, -0.25) is 4.98 Å². The lowest BCUT2D eigenvalue weighted by molar-refractivity contribution is 0.233. The summed E-state index contributed by atoms with van der Waals surface area (Å²) in [5.41, 5.74) is 8.19. The number of nitrogen functional groups attached to an aromatic ring is 1. The number of aromatic nitrogens is 3. The van der Waals surface area contributed by atoms with E-state index in [4.69, 9.17) is 15.2 Å². The fraction of sp³-hybridized carbons (Fsp3) is 0.235. The molecule has 0 saturated carbocycles. The molecule has 3 rings (SSSR count). The van der Waals surface area contributed by atoms with E-state index in [2.05, 4.69) is 15.0 Å². The Kier molecular flexibility index (Phi) is 3.97. The van der Waals surface area contributed by atoms with Gasteiger partial charge in [-0.2, -0.15) is 4.98 Å². The normalized spacial score (nSPS) is 11.0. The Morgan fingerprint density at radius 1 is 1.13 bits per heavy atom. The molecule has 3 aromatic rings. The van der Waals surface area contributed by atoms with Crippen LogP contribution >= 0.6 is 0 Å². The number of hydrogen-bond acceptors (Lipinski definition) is 6. The molecule has 1 aromatic carbocycles. The second-order valence-corrected chi connectivity index (χ2v) is 5.33. The van der Waals surface area contributed by atoms with Gasteiger partial charge in [0.25, 0.3) is 0 Å². The molecule has 2 heterocycles.